The SMILES string of the molecule is CC(C)OCCCNC(C)c1ccc2[nH]c(=O)[nH]c2c1. The molecule has 0 amide bonds. The van der Waals surface area contributed by atoms with Crippen molar-refractivity contribution in [2.24, 2.45) is 0 Å². The summed E-state index contributed by atoms with van der Waals surface area (Å²) in [5, 5.41) is 3.46. The molecule has 5 nitrogen and oxygen atoms in total. The molecule has 1 unspecified atom stereocenters. The number of aromatic amines is 2. The molecule has 1 aromatic carbocycles. The van der Waals surface area contributed by atoms with Crippen molar-refractivity contribution in [1.29, 1.82) is 0 Å². The first-order valence-corrected chi connectivity index (χ1v) is 7.13. The Balaban J connectivity index is 1.87. The smallest absolute Gasteiger partial charge is 0.323 e. The van der Waals surface area contributed by atoms with Crippen LogP contribution in [0.1, 0.15) is 38.8 Å². The zero-order chi connectivity index (χ0) is 14.5. The lowest BCUT2D eigenvalue weighted by molar-refractivity contribution is 0.0768. The van der Waals surface area contributed by atoms with Gasteiger partial charge in [-0.15, -0.1) is 0 Å². The molecule has 110 valence electrons. The van der Waals surface area contributed by atoms with Gasteiger partial charge in [0.25, 0.3) is 0 Å². The van der Waals surface area contributed by atoms with Gasteiger partial charge >= 0.3 is 5.69 Å². The van der Waals surface area contributed by atoms with Crippen molar-refractivity contribution in [3.05, 3.63) is 34.2 Å². The number of imidazole rings is 1. The molecule has 2 rings (SSSR count). The van der Waals surface area contributed by atoms with Crippen LogP contribution in [0.15, 0.2) is 23.0 Å². The molecule has 0 bridgehead atoms. The van der Waals surface area contributed by atoms with Gasteiger partial charge in [0.2, 0.25) is 0 Å². The highest BCUT2D eigenvalue weighted by atomic mass is 16.5. The second-order valence-electron chi connectivity index (χ2n) is 5.33. The molecule has 0 aliphatic heterocycles. The van der Waals surface area contributed by atoms with Crippen LogP contribution in [0.4, 0.5) is 0 Å². The van der Waals surface area contributed by atoms with Crippen molar-refractivity contribution in [2.75, 3.05) is 13.2 Å². The maximum absolute atomic E-state index is 11.2. The number of rotatable bonds is 7. The van der Waals surface area contributed by atoms with Crippen LogP contribution >= 0.6 is 0 Å². The summed E-state index contributed by atoms with van der Waals surface area (Å²) in [5.41, 5.74) is 2.70. The summed E-state index contributed by atoms with van der Waals surface area (Å²) < 4.78 is 5.51. The fourth-order valence-electron chi connectivity index (χ4n) is 2.15. The van der Waals surface area contributed by atoms with Crippen LogP contribution in [-0.2, 0) is 4.74 Å². The van der Waals surface area contributed by atoms with Gasteiger partial charge in [0.05, 0.1) is 17.1 Å². The topological polar surface area (TPSA) is 69.9 Å². The van der Waals surface area contributed by atoms with Crippen LogP contribution in [0.5, 0.6) is 0 Å². The van der Waals surface area contributed by atoms with Gasteiger partial charge in [-0.3, -0.25) is 0 Å². The molecule has 0 aliphatic rings. The summed E-state index contributed by atoms with van der Waals surface area (Å²) in [7, 11) is 0. The first-order valence-electron chi connectivity index (χ1n) is 7.13. The van der Waals surface area contributed by atoms with E-state index in [2.05, 4.69) is 22.2 Å². The zero-order valence-corrected chi connectivity index (χ0v) is 12.3. The number of benzene rings is 1. The fraction of sp³-hybridized carbons (Fsp3) is 0.533. The lowest BCUT2D eigenvalue weighted by Crippen LogP contribution is -2.21. The van der Waals surface area contributed by atoms with Gasteiger partial charge in [0.1, 0.15) is 0 Å². The van der Waals surface area contributed by atoms with Crippen molar-refractivity contribution < 1.29 is 4.74 Å². The average Bonchev–Trinajstić information content (AvgIpc) is 2.76. The Morgan fingerprint density at radius 2 is 1.95 bits per heavy atom. The minimum absolute atomic E-state index is 0.163. The van der Waals surface area contributed by atoms with E-state index < -0.39 is 0 Å². The lowest BCUT2D eigenvalue weighted by Gasteiger charge is -2.15. The van der Waals surface area contributed by atoms with E-state index in [9.17, 15) is 4.79 Å². The summed E-state index contributed by atoms with van der Waals surface area (Å²) in [6, 6.07) is 6.23. The first-order chi connectivity index (χ1) is 9.56. The molecule has 3 N–H and O–H groups in total. The molecule has 0 fully saturated rings. The van der Waals surface area contributed by atoms with Crippen LogP contribution in [-0.4, -0.2) is 29.2 Å². The van der Waals surface area contributed by atoms with E-state index in [4.69, 9.17) is 4.74 Å². The van der Waals surface area contributed by atoms with Crippen LogP contribution in [0.2, 0.25) is 0 Å². The number of nitrogens with one attached hydrogen (secondary N) is 3. The molecule has 1 aromatic heterocycles. The summed E-state index contributed by atoms with van der Waals surface area (Å²) in [6.07, 6.45) is 1.28. The third kappa shape index (κ3) is 3.95. The molecular weight excluding hydrogens is 254 g/mol. The van der Waals surface area contributed by atoms with Crippen molar-refractivity contribution in [2.45, 2.75) is 39.3 Å². The maximum atomic E-state index is 11.2. The zero-order valence-electron chi connectivity index (χ0n) is 12.3. The fourth-order valence-corrected chi connectivity index (χ4v) is 2.15. The Morgan fingerprint density at radius 3 is 2.70 bits per heavy atom. The number of hydrogen-bond donors (Lipinski definition) is 3. The Kier molecular flexibility index (Phi) is 4.98. The highest BCUT2D eigenvalue weighted by Gasteiger charge is 2.06. The van der Waals surface area contributed by atoms with Gasteiger partial charge in [-0.05, 0) is 51.4 Å². The van der Waals surface area contributed by atoms with Crippen LogP contribution in [0.3, 0.4) is 0 Å². The molecule has 1 heterocycles. The second-order valence-corrected chi connectivity index (χ2v) is 5.33. The van der Waals surface area contributed by atoms with Crippen molar-refractivity contribution in [1.82, 2.24) is 15.3 Å². The molecule has 0 saturated carbocycles. The van der Waals surface area contributed by atoms with Crippen molar-refractivity contribution in [3.63, 3.8) is 0 Å². The second kappa shape index (κ2) is 6.72. The Morgan fingerprint density at radius 1 is 1.20 bits per heavy atom. The Labute approximate surface area is 118 Å². The number of hydrogen-bond acceptors (Lipinski definition) is 3. The standard InChI is InChI=1S/C15H23N3O2/c1-10(2)20-8-4-7-16-11(3)12-5-6-13-14(9-12)18-15(19)17-13/h5-6,9-11,16H,4,7-8H2,1-3H3,(H2,17,18,19). The molecular formula is C15H23N3O2. The summed E-state index contributed by atoms with van der Waals surface area (Å²) in [5.74, 6) is 0. The van der Waals surface area contributed by atoms with Crippen LogP contribution < -0.4 is 11.0 Å². The van der Waals surface area contributed by atoms with Crippen LogP contribution in [0.25, 0.3) is 11.0 Å². The van der Waals surface area contributed by atoms with Gasteiger partial charge in [-0.1, -0.05) is 6.07 Å². The predicted octanol–water partition coefficient (Wildman–Crippen LogP) is 2.32. The Hall–Kier alpha value is -1.59. The van der Waals surface area contributed by atoms with Gasteiger partial charge in [0.15, 0.2) is 0 Å². The highest BCUT2D eigenvalue weighted by Crippen LogP contribution is 2.16. The van der Waals surface area contributed by atoms with E-state index in [1.54, 1.807) is 0 Å². The quantitative estimate of drug-likeness (QED) is 0.680. The number of aromatic nitrogens is 2. The number of fused-ring (bicyclic) bond motifs is 1. The molecule has 1 atom stereocenters. The largest absolute Gasteiger partial charge is 0.379 e. The maximum Gasteiger partial charge on any atom is 0.323 e. The molecule has 5 heteroatoms. The van der Waals surface area contributed by atoms with Crippen LogP contribution in [0, 0.1) is 0 Å². The first kappa shape index (κ1) is 14.8. The van der Waals surface area contributed by atoms with Crippen molar-refractivity contribution in [3.8, 4) is 0 Å². The van der Waals surface area contributed by atoms with Gasteiger partial charge in [-0.2, -0.15) is 0 Å². The minimum Gasteiger partial charge on any atom is -0.379 e. The van der Waals surface area contributed by atoms with E-state index in [1.807, 2.05) is 32.0 Å². The third-order valence-corrected chi connectivity index (χ3v) is 3.26. The van der Waals surface area contributed by atoms with E-state index in [-0.39, 0.29) is 11.7 Å². The minimum atomic E-state index is -0.163. The summed E-state index contributed by atoms with van der Waals surface area (Å²) in [4.78, 5) is 16.8. The molecule has 0 aliphatic carbocycles. The van der Waals surface area contributed by atoms with E-state index in [0.29, 0.717) is 6.10 Å². The third-order valence-electron chi connectivity index (χ3n) is 3.26. The molecule has 2 aromatic rings. The molecule has 0 spiro atoms. The highest BCUT2D eigenvalue weighted by molar-refractivity contribution is 5.75. The van der Waals surface area contributed by atoms with E-state index in [0.717, 1.165) is 36.2 Å². The molecule has 0 radical (unpaired) electrons. The van der Waals surface area contributed by atoms with E-state index in [1.165, 1.54) is 0 Å². The number of H-pyrrole nitrogens is 2. The molecule has 0 saturated heterocycles. The van der Waals surface area contributed by atoms with Gasteiger partial charge in [-0.25, -0.2) is 4.79 Å². The molecule has 20 heavy (non-hydrogen) atoms. The summed E-state index contributed by atoms with van der Waals surface area (Å²) in [6.45, 7) is 7.90. The average molecular weight is 277 g/mol. The number of ether oxygens (including phenoxy) is 1. The monoisotopic (exact) mass is 277 g/mol. The summed E-state index contributed by atoms with van der Waals surface area (Å²) >= 11 is 0. The van der Waals surface area contributed by atoms with Gasteiger partial charge in [0, 0.05) is 12.6 Å². The van der Waals surface area contributed by atoms with Crippen molar-refractivity contribution >= 4 is 11.0 Å². The predicted molar refractivity (Wildman–Crippen MR) is 81.0 cm³/mol. The van der Waals surface area contributed by atoms with Gasteiger partial charge < -0.3 is 20.0 Å². The lowest BCUT2D eigenvalue weighted by atomic mass is 10.1. The van der Waals surface area contributed by atoms with E-state index >= 15 is 0 Å². The Bertz CT molecular complexity index is 600. The normalized spacial score (nSPS) is 13.2.